The minimum absolute atomic E-state index is 0.000278. The van der Waals surface area contributed by atoms with E-state index in [2.05, 4.69) is 0 Å². The van der Waals surface area contributed by atoms with Crippen LogP contribution in [0.25, 0.3) is 0 Å². The monoisotopic (exact) mass is 245 g/mol. The quantitative estimate of drug-likeness (QED) is 0.757. The normalized spacial score (nSPS) is 34.3. The maximum absolute atomic E-state index is 10.7. The molecular weight excluding hydrogens is 222 g/mol. The maximum Gasteiger partial charge on any atom is 0.305 e. The van der Waals surface area contributed by atoms with Gasteiger partial charge in [0.05, 0.1) is 24.7 Å². The molecule has 0 aromatic rings. The molecule has 0 aromatic heterocycles. The zero-order valence-electron chi connectivity index (χ0n) is 11.0. The smallest absolute Gasteiger partial charge is 0.305 e. The molecule has 5 heteroatoms. The van der Waals surface area contributed by atoms with Crippen LogP contribution < -0.4 is 0 Å². The third-order valence-electron chi connectivity index (χ3n) is 3.31. The fourth-order valence-corrected chi connectivity index (χ4v) is 2.38. The molecule has 0 aromatic carbocycles. The summed E-state index contributed by atoms with van der Waals surface area (Å²) in [6, 6.07) is -0.0412. The number of aliphatic hydroxyl groups is 1. The largest absolute Gasteiger partial charge is 0.481 e. The molecule has 0 unspecified atom stereocenters. The van der Waals surface area contributed by atoms with Gasteiger partial charge in [-0.15, -0.1) is 0 Å². The Hall–Kier alpha value is -0.650. The summed E-state index contributed by atoms with van der Waals surface area (Å²) in [6.45, 7) is 3.95. The van der Waals surface area contributed by atoms with Gasteiger partial charge in [-0.3, -0.25) is 4.79 Å². The number of nitrogens with zero attached hydrogens (tertiary/aromatic N) is 1. The van der Waals surface area contributed by atoms with Gasteiger partial charge in [-0.2, -0.15) is 0 Å². The van der Waals surface area contributed by atoms with E-state index in [4.69, 9.17) is 9.84 Å². The highest BCUT2D eigenvalue weighted by Gasteiger charge is 2.40. The van der Waals surface area contributed by atoms with Gasteiger partial charge in [0.25, 0.3) is 0 Å². The van der Waals surface area contributed by atoms with Crippen LogP contribution in [-0.4, -0.2) is 59.5 Å². The second-order valence-corrected chi connectivity index (χ2v) is 5.32. The number of aliphatic hydroxyl groups excluding tert-OH is 1. The molecule has 0 aliphatic carbocycles. The summed E-state index contributed by atoms with van der Waals surface area (Å²) in [6.07, 6.45) is -0.601. The van der Waals surface area contributed by atoms with E-state index >= 15 is 0 Å². The lowest BCUT2D eigenvalue weighted by Gasteiger charge is -2.43. The highest BCUT2D eigenvalue weighted by atomic mass is 16.5. The first-order chi connectivity index (χ1) is 7.82. The molecule has 0 amide bonds. The van der Waals surface area contributed by atoms with Crippen LogP contribution in [-0.2, 0) is 9.53 Å². The molecule has 1 rings (SSSR count). The van der Waals surface area contributed by atoms with Crippen molar-refractivity contribution in [2.24, 2.45) is 5.92 Å². The maximum atomic E-state index is 10.7. The summed E-state index contributed by atoms with van der Waals surface area (Å²) in [5.74, 6) is -0.685. The van der Waals surface area contributed by atoms with Crippen molar-refractivity contribution in [2.45, 2.75) is 51.0 Å². The number of carbonyl (C=O) groups is 1. The molecule has 2 N–H and O–H groups in total. The van der Waals surface area contributed by atoms with E-state index in [1.54, 1.807) is 0 Å². The number of carboxylic acid groups (broad SMARTS) is 1. The molecule has 17 heavy (non-hydrogen) atoms. The van der Waals surface area contributed by atoms with Gasteiger partial charge < -0.3 is 19.8 Å². The topological polar surface area (TPSA) is 70.0 Å². The van der Waals surface area contributed by atoms with Gasteiger partial charge in [0, 0.05) is 6.04 Å². The second-order valence-electron chi connectivity index (χ2n) is 5.32. The van der Waals surface area contributed by atoms with Gasteiger partial charge in [0.1, 0.15) is 0 Å². The Balaban J connectivity index is 2.77. The van der Waals surface area contributed by atoms with Crippen LogP contribution in [0.3, 0.4) is 0 Å². The number of aliphatic carboxylic acids is 1. The molecule has 1 fully saturated rings. The number of carboxylic acids is 1. The fourth-order valence-electron chi connectivity index (χ4n) is 2.38. The summed E-state index contributed by atoms with van der Waals surface area (Å²) >= 11 is 0. The van der Waals surface area contributed by atoms with E-state index in [1.807, 2.05) is 32.8 Å². The molecule has 0 bridgehead atoms. The van der Waals surface area contributed by atoms with Crippen LogP contribution in [0.15, 0.2) is 0 Å². The summed E-state index contributed by atoms with van der Waals surface area (Å²) in [5, 5.41) is 19.0. The van der Waals surface area contributed by atoms with Gasteiger partial charge >= 0.3 is 5.97 Å². The first kappa shape index (κ1) is 14.4. The number of ether oxygens (including phenoxy) is 1. The van der Waals surface area contributed by atoms with Crippen molar-refractivity contribution >= 4 is 5.97 Å². The van der Waals surface area contributed by atoms with Crippen molar-refractivity contribution in [1.29, 1.82) is 0 Å². The van der Waals surface area contributed by atoms with Crippen LogP contribution in [0.5, 0.6) is 0 Å². The lowest BCUT2D eigenvalue weighted by Crippen LogP contribution is -2.55. The van der Waals surface area contributed by atoms with Gasteiger partial charge in [0.15, 0.2) is 0 Å². The van der Waals surface area contributed by atoms with E-state index in [0.29, 0.717) is 6.42 Å². The van der Waals surface area contributed by atoms with Crippen molar-refractivity contribution in [3.63, 3.8) is 0 Å². The number of hydrogen-bond acceptors (Lipinski definition) is 4. The highest BCUT2D eigenvalue weighted by Crippen LogP contribution is 2.28. The molecule has 0 radical (unpaired) electrons. The molecule has 1 heterocycles. The molecule has 100 valence electrons. The minimum Gasteiger partial charge on any atom is -0.481 e. The zero-order chi connectivity index (χ0) is 13.2. The van der Waals surface area contributed by atoms with Gasteiger partial charge in [-0.25, -0.2) is 0 Å². The van der Waals surface area contributed by atoms with E-state index in [-0.39, 0.29) is 30.6 Å². The van der Waals surface area contributed by atoms with Crippen molar-refractivity contribution in [3.05, 3.63) is 0 Å². The summed E-state index contributed by atoms with van der Waals surface area (Å²) < 4.78 is 5.69. The lowest BCUT2D eigenvalue weighted by molar-refractivity contribution is -0.172. The van der Waals surface area contributed by atoms with Gasteiger partial charge in [-0.05, 0) is 26.4 Å². The Morgan fingerprint density at radius 1 is 1.47 bits per heavy atom. The first-order valence-corrected chi connectivity index (χ1v) is 6.04. The fraction of sp³-hybridized carbons (Fsp3) is 0.917. The number of hydrogen-bond donors (Lipinski definition) is 2. The Morgan fingerprint density at radius 3 is 2.47 bits per heavy atom. The van der Waals surface area contributed by atoms with E-state index in [0.717, 1.165) is 0 Å². The van der Waals surface area contributed by atoms with Crippen LogP contribution in [0.2, 0.25) is 0 Å². The summed E-state index contributed by atoms with van der Waals surface area (Å²) in [5.41, 5.74) is 0. The lowest BCUT2D eigenvalue weighted by atomic mass is 9.88. The molecule has 5 nitrogen and oxygen atoms in total. The van der Waals surface area contributed by atoms with Crippen LogP contribution in [0.4, 0.5) is 0 Å². The predicted octanol–water partition coefficient (Wildman–Crippen LogP) is 0.566. The standard InChI is InChI=1S/C12H23NO4/c1-7(2)12-11(16)9(13(3)4)5-8(17-12)6-10(14)15/h7-9,11-12,16H,5-6H2,1-4H3,(H,14,15)/t8-,9-,11+,12-/m0/s1. The molecule has 0 saturated carbocycles. The molecule has 4 atom stereocenters. The second kappa shape index (κ2) is 5.80. The molecule has 1 aliphatic heterocycles. The molecular formula is C12H23NO4. The third-order valence-corrected chi connectivity index (χ3v) is 3.31. The summed E-state index contributed by atoms with van der Waals surface area (Å²) in [4.78, 5) is 12.7. The van der Waals surface area contributed by atoms with Gasteiger partial charge in [-0.1, -0.05) is 13.8 Å². The van der Waals surface area contributed by atoms with E-state index in [1.165, 1.54) is 0 Å². The van der Waals surface area contributed by atoms with Crippen LogP contribution in [0, 0.1) is 5.92 Å². The molecule has 1 aliphatic rings. The van der Waals surface area contributed by atoms with Crippen molar-refractivity contribution in [3.8, 4) is 0 Å². The molecule has 1 saturated heterocycles. The van der Waals surface area contributed by atoms with Crippen LogP contribution in [0.1, 0.15) is 26.7 Å². The SMILES string of the molecule is CC(C)[C@@H]1O[C@H](CC(=O)O)C[C@H](N(C)C)[C@H]1O. The Morgan fingerprint density at radius 2 is 2.06 bits per heavy atom. The number of likely N-dealkylation sites (N-methyl/N-ethyl adjacent to an activating group) is 1. The van der Waals surface area contributed by atoms with Crippen molar-refractivity contribution in [2.75, 3.05) is 14.1 Å². The average molecular weight is 245 g/mol. The Labute approximate surface area is 102 Å². The molecule has 0 spiro atoms. The first-order valence-electron chi connectivity index (χ1n) is 6.04. The predicted molar refractivity (Wildman–Crippen MR) is 63.9 cm³/mol. The zero-order valence-corrected chi connectivity index (χ0v) is 11.0. The highest BCUT2D eigenvalue weighted by molar-refractivity contribution is 5.67. The van der Waals surface area contributed by atoms with E-state index in [9.17, 15) is 9.90 Å². The van der Waals surface area contributed by atoms with Crippen molar-refractivity contribution < 1.29 is 19.7 Å². The van der Waals surface area contributed by atoms with Crippen molar-refractivity contribution in [1.82, 2.24) is 4.90 Å². The summed E-state index contributed by atoms with van der Waals surface area (Å²) in [7, 11) is 3.79. The number of rotatable bonds is 4. The van der Waals surface area contributed by atoms with E-state index < -0.39 is 12.1 Å². The Bertz CT molecular complexity index is 249. The Kier molecular flexibility index (Phi) is 4.91. The third kappa shape index (κ3) is 3.66. The average Bonchev–Trinajstić information content (AvgIpc) is 2.18. The van der Waals surface area contributed by atoms with Crippen LogP contribution >= 0.6 is 0 Å². The minimum atomic E-state index is -0.855. The van der Waals surface area contributed by atoms with Gasteiger partial charge in [0.2, 0.25) is 0 Å².